The minimum atomic E-state index is -1.57. The van der Waals surface area contributed by atoms with Gasteiger partial charge in [0.1, 0.15) is 0 Å². The van der Waals surface area contributed by atoms with Gasteiger partial charge in [-0.15, -0.1) is 0 Å². The third kappa shape index (κ3) is 6.56. The maximum atomic E-state index is 14.6. The fraction of sp³-hybridized carbons (Fsp3) is 0.788. The van der Waals surface area contributed by atoms with E-state index in [1.165, 1.54) is 44.1 Å². The van der Waals surface area contributed by atoms with Gasteiger partial charge in [0.25, 0.3) is 0 Å². The van der Waals surface area contributed by atoms with Crippen molar-refractivity contribution in [2.24, 2.45) is 91.4 Å². The maximum absolute atomic E-state index is 14.6. The summed E-state index contributed by atoms with van der Waals surface area (Å²) in [6, 6.07) is 0.160. The number of imidazole rings is 1. The SMILES string of the molecule is CC1(C)CC(n2ccnc2)CSSCC2CC(C3CC4CCCC5=C4C(C1=C1CCCC4(CCCC4)C51)C3O)C1(CO)CC(CN=C(N)N)C3C(=CC(=O)C4CC(O)C(O)CC43C)C21O. The van der Waals surface area contributed by atoms with Crippen LogP contribution in [0.4, 0.5) is 0 Å². The zero-order valence-corrected chi connectivity index (χ0v) is 40.5. The highest BCUT2D eigenvalue weighted by Gasteiger charge is 2.75. The first-order valence-corrected chi connectivity index (χ1v) is 27.9. The number of carbonyl (C=O) groups is 1. The van der Waals surface area contributed by atoms with E-state index >= 15 is 0 Å². The van der Waals surface area contributed by atoms with Crippen molar-refractivity contribution in [3.05, 3.63) is 52.7 Å². The lowest BCUT2D eigenvalue weighted by Gasteiger charge is -2.64. The van der Waals surface area contributed by atoms with Gasteiger partial charge < -0.3 is 41.6 Å². The lowest BCUT2D eigenvalue weighted by Crippen LogP contribution is -2.67. The highest BCUT2D eigenvalue weighted by molar-refractivity contribution is 8.76. The van der Waals surface area contributed by atoms with Gasteiger partial charge in [0.2, 0.25) is 0 Å². The van der Waals surface area contributed by atoms with Crippen molar-refractivity contribution in [2.75, 3.05) is 24.7 Å². The van der Waals surface area contributed by atoms with Crippen LogP contribution in [0.3, 0.4) is 0 Å². The molecule has 4 bridgehead atoms. The van der Waals surface area contributed by atoms with Gasteiger partial charge in [-0.05, 0) is 147 Å². The highest BCUT2D eigenvalue weighted by atomic mass is 33.1. The molecule has 356 valence electrons. The van der Waals surface area contributed by atoms with Gasteiger partial charge in [0.05, 0.1) is 36.8 Å². The Hall–Kier alpha value is -2.13. The van der Waals surface area contributed by atoms with Gasteiger partial charge in [0.15, 0.2) is 11.7 Å². The molecule has 65 heavy (non-hydrogen) atoms. The number of aliphatic hydroxyl groups is 5. The fourth-order valence-corrected chi connectivity index (χ4v) is 21.3. The third-order valence-corrected chi connectivity index (χ3v) is 23.2. The molecular formula is C52H75N5O6S2. The summed E-state index contributed by atoms with van der Waals surface area (Å²) in [7, 11) is 3.64. The van der Waals surface area contributed by atoms with Crippen molar-refractivity contribution >= 4 is 33.3 Å². The minimum absolute atomic E-state index is 0.0353. The standard InChI is InChI=1S/C52H75N5O6S2/c1-48(2)21-31(57-15-14-55-27-57)25-65-64-24-30-17-35(34-16-28-8-6-9-32-41(28)42(46(34)62)45(48)33-10-7-13-50(44(32)33)11-4-5-12-50)51(26-58)20-29(23-56-47(53)54)43-37(52(30,51)63)19-38(59)36-18-39(60)40(61)22-49(36,43)3/h14-15,19,27-31,34-36,39-40,42-44,46,58,60-63H,4-13,16-18,20-26H2,1-3H3,(H4,53,54,56). The molecule has 0 amide bonds. The third-order valence-electron chi connectivity index (χ3n) is 20.7. The van der Waals surface area contributed by atoms with Crippen molar-refractivity contribution in [3.8, 4) is 0 Å². The number of rotatable bonds is 4. The van der Waals surface area contributed by atoms with E-state index in [0.29, 0.717) is 41.4 Å². The lowest BCUT2D eigenvalue weighted by molar-refractivity contribution is -0.185. The summed E-state index contributed by atoms with van der Waals surface area (Å²) in [6.45, 7) is 6.97. The average Bonchev–Trinajstić information content (AvgIpc) is 4.03. The Labute approximate surface area is 393 Å². The van der Waals surface area contributed by atoms with Crippen LogP contribution in [-0.4, -0.2) is 95.4 Å². The molecule has 1 aromatic heterocycles. The van der Waals surface area contributed by atoms with E-state index < -0.39 is 40.7 Å². The fourth-order valence-electron chi connectivity index (χ4n) is 18.6. The Morgan fingerprint density at radius 1 is 0.938 bits per heavy atom. The number of aliphatic hydroxyl groups excluding tert-OH is 4. The quantitative estimate of drug-likeness (QED) is 0.0717. The van der Waals surface area contributed by atoms with Crippen LogP contribution < -0.4 is 11.5 Å². The Morgan fingerprint density at radius 3 is 2.43 bits per heavy atom. The zero-order valence-electron chi connectivity index (χ0n) is 38.9. The molecule has 1 saturated heterocycles. The van der Waals surface area contributed by atoms with Crippen LogP contribution in [0.25, 0.3) is 0 Å². The summed E-state index contributed by atoms with van der Waals surface area (Å²) < 4.78 is 2.30. The first-order chi connectivity index (χ1) is 31.1. The van der Waals surface area contributed by atoms with E-state index in [-0.39, 0.29) is 84.7 Å². The number of aromatic nitrogens is 2. The van der Waals surface area contributed by atoms with Gasteiger partial charge >= 0.3 is 0 Å². The Balaban J connectivity index is 1.11. The second-order valence-electron chi connectivity index (χ2n) is 24.0. The molecule has 9 aliphatic carbocycles. The molecule has 13 heteroatoms. The number of aliphatic imine (C=N–C) groups is 1. The number of nitrogens with zero attached hydrogens (tertiary/aromatic N) is 3. The molecule has 0 radical (unpaired) electrons. The van der Waals surface area contributed by atoms with E-state index in [0.717, 1.165) is 44.3 Å². The van der Waals surface area contributed by atoms with E-state index in [1.54, 1.807) is 33.6 Å². The summed E-state index contributed by atoms with van der Waals surface area (Å²) in [6.07, 6.45) is 20.3. The predicted octanol–water partition coefficient (Wildman–Crippen LogP) is 6.90. The maximum Gasteiger partial charge on any atom is 0.185 e. The van der Waals surface area contributed by atoms with Crippen molar-refractivity contribution in [1.29, 1.82) is 0 Å². The van der Waals surface area contributed by atoms with Crippen LogP contribution >= 0.6 is 21.6 Å². The molecule has 11 nitrogen and oxygen atoms in total. The van der Waals surface area contributed by atoms with Gasteiger partial charge in [-0.25, -0.2) is 4.98 Å². The molecule has 6 saturated carbocycles. The van der Waals surface area contributed by atoms with Crippen LogP contribution in [0.15, 0.2) is 57.7 Å². The first-order valence-electron chi connectivity index (χ1n) is 25.5. The Morgan fingerprint density at radius 2 is 1.69 bits per heavy atom. The van der Waals surface area contributed by atoms with Crippen LogP contribution in [0.5, 0.6) is 0 Å². The Kier molecular flexibility index (Phi) is 11.3. The van der Waals surface area contributed by atoms with E-state index in [2.05, 4.69) is 41.5 Å². The number of allylic oxidation sites excluding steroid dienone is 3. The molecule has 10 aliphatic rings. The largest absolute Gasteiger partial charge is 0.396 e. The Bertz CT molecular complexity index is 2180. The number of nitrogens with two attached hydrogens (primary N) is 2. The number of hydrogen-bond donors (Lipinski definition) is 7. The first kappa shape index (κ1) is 45.3. The number of fused-ring (bicyclic) bond motifs is 14. The second kappa shape index (κ2) is 16.2. The van der Waals surface area contributed by atoms with Crippen LogP contribution in [0, 0.1) is 74.9 Å². The number of ketones is 1. The van der Waals surface area contributed by atoms with Crippen LogP contribution in [0.1, 0.15) is 130 Å². The van der Waals surface area contributed by atoms with Crippen molar-refractivity contribution in [1.82, 2.24) is 9.55 Å². The smallest absolute Gasteiger partial charge is 0.185 e. The number of carbonyl (C=O) groups excluding carboxylic acids is 1. The molecule has 2 heterocycles. The van der Waals surface area contributed by atoms with Gasteiger partial charge in [0, 0.05) is 65.6 Å². The summed E-state index contributed by atoms with van der Waals surface area (Å²) in [5.74, 6) is 0.0597. The van der Waals surface area contributed by atoms with E-state index in [4.69, 9.17) is 11.5 Å². The van der Waals surface area contributed by atoms with E-state index in [1.807, 2.05) is 23.3 Å². The van der Waals surface area contributed by atoms with E-state index in [9.17, 15) is 30.3 Å². The second-order valence-corrected chi connectivity index (χ2v) is 26.6. The lowest BCUT2D eigenvalue weighted by atomic mass is 9.41. The molecular weight excluding hydrogens is 855 g/mol. The van der Waals surface area contributed by atoms with Gasteiger partial charge in [-0.1, -0.05) is 77.5 Å². The normalized spacial score (nSPS) is 46.4. The molecule has 1 spiro atoms. The summed E-state index contributed by atoms with van der Waals surface area (Å²) in [5.41, 5.74) is 15.9. The predicted molar refractivity (Wildman–Crippen MR) is 256 cm³/mol. The summed E-state index contributed by atoms with van der Waals surface area (Å²) in [4.78, 5) is 23.8. The summed E-state index contributed by atoms with van der Waals surface area (Å²) >= 11 is 0. The molecule has 7 fully saturated rings. The van der Waals surface area contributed by atoms with Crippen molar-refractivity contribution < 1.29 is 30.3 Å². The van der Waals surface area contributed by atoms with Crippen molar-refractivity contribution in [3.63, 3.8) is 0 Å². The molecule has 16 unspecified atom stereocenters. The average molecular weight is 930 g/mol. The molecule has 9 N–H and O–H groups in total. The monoisotopic (exact) mass is 930 g/mol. The number of guanidine groups is 1. The van der Waals surface area contributed by atoms with Gasteiger partial charge in [-0.2, -0.15) is 0 Å². The zero-order chi connectivity index (χ0) is 45.4. The summed E-state index contributed by atoms with van der Waals surface area (Å²) in [5, 5.41) is 62.8. The molecule has 1 aromatic rings. The molecule has 1 aliphatic heterocycles. The molecule has 0 aromatic carbocycles. The topological polar surface area (TPSA) is 200 Å². The van der Waals surface area contributed by atoms with Gasteiger partial charge in [-0.3, -0.25) is 9.79 Å². The van der Waals surface area contributed by atoms with Crippen LogP contribution in [-0.2, 0) is 4.79 Å². The highest BCUT2D eigenvalue weighted by Crippen LogP contribution is 2.74. The molecule has 11 rings (SSSR count). The van der Waals surface area contributed by atoms with Crippen molar-refractivity contribution in [2.45, 2.75) is 153 Å². The number of hydrogen-bond acceptors (Lipinski definition) is 10. The molecule has 16 atom stereocenters. The van der Waals surface area contributed by atoms with Crippen LogP contribution in [0.2, 0.25) is 0 Å². The minimum Gasteiger partial charge on any atom is -0.396 e.